The maximum absolute atomic E-state index is 12.8. The molecular formula is C41H74N7O18P3S. The third-order valence-electron chi connectivity index (χ3n) is 11.3. The summed E-state index contributed by atoms with van der Waals surface area (Å²) in [5, 5.41) is 36.4. The number of imidazole rings is 1. The van der Waals surface area contributed by atoms with Gasteiger partial charge in [-0.15, -0.1) is 0 Å². The summed E-state index contributed by atoms with van der Waals surface area (Å²) in [5.41, 5.74) is 4.26. The lowest BCUT2D eigenvalue weighted by atomic mass is 9.87. The number of amides is 2. The monoisotopic (exact) mass is 1080 g/mol. The van der Waals surface area contributed by atoms with Crippen LogP contribution in [0.1, 0.15) is 143 Å². The summed E-state index contributed by atoms with van der Waals surface area (Å²) in [6.07, 6.45) is 12.0. The van der Waals surface area contributed by atoms with Gasteiger partial charge in [-0.05, 0) is 6.42 Å². The Labute approximate surface area is 412 Å². The lowest BCUT2D eigenvalue weighted by Gasteiger charge is -2.30. The molecule has 3 heterocycles. The minimum absolute atomic E-state index is 0.0281. The van der Waals surface area contributed by atoms with Gasteiger partial charge in [-0.25, -0.2) is 28.6 Å². The molecule has 402 valence electrons. The van der Waals surface area contributed by atoms with Crippen LogP contribution < -0.4 is 16.4 Å². The predicted octanol–water partition coefficient (Wildman–Crippen LogP) is 4.68. The number of aliphatic hydroxyl groups excluding tert-OH is 3. The number of aliphatic hydroxyl groups is 3. The number of nitrogens with one attached hydrogen (secondary N) is 2. The average molecular weight is 1080 g/mol. The number of phosphoric ester groups is 3. The fourth-order valence-electron chi connectivity index (χ4n) is 7.38. The van der Waals surface area contributed by atoms with Crippen LogP contribution in [-0.4, -0.2) is 134 Å². The van der Waals surface area contributed by atoms with Crippen LogP contribution >= 0.6 is 35.2 Å². The van der Waals surface area contributed by atoms with Crippen molar-refractivity contribution in [1.82, 2.24) is 30.2 Å². The van der Waals surface area contributed by atoms with E-state index in [-0.39, 0.29) is 47.4 Å². The molecule has 3 rings (SSSR count). The highest BCUT2D eigenvalue weighted by Crippen LogP contribution is 2.61. The molecule has 0 saturated carbocycles. The molecule has 2 aromatic rings. The van der Waals surface area contributed by atoms with Gasteiger partial charge in [-0.1, -0.05) is 135 Å². The van der Waals surface area contributed by atoms with E-state index in [1.54, 1.807) is 0 Å². The van der Waals surface area contributed by atoms with Crippen LogP contribution in [0.2, 0.25) is 0 Å². The number of rotatable bonds is 37. The normalized spacial score (nSPS) is 20.2. The van der Waals surface area contributed by atoms with Crippen LogP contribution in [0.5, 0.6) is 0 Å². The molecular weight excluding hydrogens is 1000 g/mol. The third-order valence-corrected chi connectivity index (χ3v) is 15.4. The van der Waals surface area contributed by atoms with E-state index in [0.717, 1.165) is 54.7 Å². The zero-order valence-corrected chi connectivity index (χ0v) is 43.6. The average Bonchev–Trinajstić information content (AvgIpc) is 3.85. The van der Waals surface area contributed by atoms with Gasteiger partial charge in [0.2, 0.25) is 16.9 Å². The van der Waals surface area contributed by atoms with Gasteiger partial charge in [-0.2, -0.15) is 4.31 Å². The maximum Gasteiger partial charge on any atom is 0.481 e. The highest BCUT2D eigenvalue weighted by atomic mass is 32.2. The molecule has 0 spiro atoms. The Morgan fingerprint density at radius 3 is 2.00 bits per heavy atom. The number of carbonyl (C=O) groups is 3. The number of aromatic nitrogens is 4. The van der Waals surface area contributed by atoms with Gasteiger partial charge in [0.05, 0.1) is 19.5 Å². The number of nitrogens with zero attached hydrogens (tertiary/aromatic N) is 4. The van der Waals surface area contributed by atoms with E-state index in [0.29, 0.717) is 6.42 Å². The fraction of sp³-hybridized carbons (Fsp3) is 0.805. The van der Waals surface area contributed by atoms with Crippen molar-refractivity contribution in [2.45, 2.75) is 173 Å². The van der Waals surface area contributed by atoms with Gasteiger partial charge in [0.15, 0.2) is 17.7 Å². The Bertz CT molecular complexity index is 2070. The number of nitrogens with two attached hydrogens (primary N) is 1. The van der Waals surface area contributed by atoms with Crippen molar-refractivity contribution in [2.75, 3.05) is 37.8 Å². The van der Waals surface area contributed by atoms with E-state index in [1.165, 1.54) is 90.9 Å². The van der Waals surface area contributed by atoms with Crippen LogP contribution in [0.4, 0.5) is 5.82 Å². The number of nitrogen functional groups attached to an aromatic ring is 1. The molecule has 0 radical (unpaired) electrons. The highest BCUT2D eigenvalue weighted by Gasteiger charge is 2.50. The summed E-state index contributed by atoms with van der Waals surface area (Å²) >= 11 is 0.917. The first-order valence-corrected chi connectivity index (χ1v) is 29.2. The van der Waals surface area contributed by atoms with Crippen LogP contribution in [0.25, 0.3) is 11.2 Å². The quantitative estimate of drug-likeness (QED) is 0.0324. The predicted molar refractivity (Wildman–Crippen MR) is 257 cm³/mol. The van der Waals surface area contributed by atoms with Gasteiger partial charge in [-0.3, -0.25) is 32.5 Å². The van der Waals surface area contributed by atoms with Crippen molar-refractivity contribution in [3.05, 3.63) is 12.7 Å². The molecule has 0 aliphatic carbocycles. The Morgan fingerprint density at radius 2 is 1.41 bits per heavy atom. The molecule has 1 aliphatic rings. The topological polar surface area (TPSA) is 384 Å². The first-order chi connectivity index (χ1) is 33.0. The van der Waals surface area contributed by atoms with Gasteiger partial charge in [0.1, 0.15) is 42.4 Å². The molecule has 11 N–H and O–H groups in total. The van der Waals surface area contributed by atoms with Crippen LogP contribution in [0.3, 0.4) is 0 Å². The standard InChI is InChI=1S/C41H74N7O18P3S/c1-4-5-6-7-8-9-10-11-12-13-14-15-16-17-18-19-20-29(49)40(54)70-24-23-43-31(50)21-22-44-38(53)35(52)41(2,3)26-63-69(60,61)66-68(58,59)62-25-30-34(65-67(55,56)57)33(51)39(64-30)48-28-47-32-36(42)45-27-46-37(32)48/h27-30,33-35,39,49,51-52H,4-26H2,1-3H3,(H,43,50)(H,44,53)(H,58,59)(H,60,61)(H2,42,45,46)(H2,55,56,57). The van der Waals surface area contributed by atoms with E-state index in [4.69, 9.17) is 19.5 Å². The van der Waals surface area contributed by atoms with Crippen molar-refractivity contribution < 1.29 is 85.6 Å². The van der Waals surface area contributed by atoms with E-state index < -0.39 is 90.7 Å². The van der Waals surface area contributed by atoms with Crippen molar-refractivity contribution >= 4 is 69.1 Å². The summed E-state index contributed by atoms with van der Waals surface area (Å²) in [6, 6.07) is 0. The number of thioether (sulfide) groups is 1. The minimum Gasteiger partial charge on any atom is -0.386 e. The summed E-state index contributed by atoms with van der Waals surface area (Å²) in [7, 11) is -16.4. The fourth-order valence-corrected chi connectivity index (χ4v) is 10.9. The summed E-state index contributed by atoms with van der Waals surface area (Å²) in [4.78, 5) is 88.5. The third kappa shape index (κ3) is 22.7. The molecule has 70 heavy (non-hydrogen) atoms. The lowest BCUT2D eigenvalue weighted by molar-refractivity contribution is -0.137. The highest BCUT2D eigenvalue weighted by molar-refractivity contribution is 8.13. The number of hydrogen-bond donors (Lipinski definition) is 10. The number of unbranched alkanes of at least 4 members (excludes halogenated alkanes) is 15. The van der Waals surface area contributed by atoms with Gasteiger partial charge < -0.3 is 56.0 Å². The second-order valence-corrected chi connectivity index (χ2v) is 23.2. The molecule has 2 amide bonds. The number of carbonyl (C=O) groups excluding carboxylic acids is 3. The van der Waals surface area contributed by atoms with Gasteiger partial charge in [0, 0.05) is 30.7 Å². The molecule has 0 aromatic carbocycles. The number of anilines is 1. The first-order valence-electron chi connectivity index (χ1n) is 23.7. The number of phosphoric acid groups is 3. The van der Waals surface area contributed by atoms with Gasteiger partial charge in [0.25, 0.3) is 0 Å². The number of hydrogen-bond acceptors (Lipinski definition) is 19. The lowest BCUT2D eigenvalue weighted by Crippen LogP contribution is -2.46. The number of fused-ring (bicyclic) bond motifs is 1. The Hall–Kier alpha value is -2.48. The molecule has 1 aliphatic heterocycles. The van der Waals surface area contributed by atoms with E-state index in [9.17, 15) is 63.0 Å². The Morgan fingerprint density at radius 1 is 0.843 bits per heavy atom. The second kappa shape index (κ2) is 30.7. The second-order valence-electron chi connectivity index (χ2n) is 17.8. The zero-order valence-electron chi connectivity index (χ0n) is 40.1. The summed E-state index contributed by atoms with van der Waals surface area (Å²) in [6.45, 7) is 2.60. The molecule has 25 nitrogen and oxygen atoms in total. The van der Waals surface area contributed by atoms with Crippen molar-refractivity contribution in [2.24, 2.45) is 5.41 Å². The molecule has 8 unspecified atom stereocenters. The Balaban J connectivity index is 1.28. The molecule has 0 bridgehead atoms. The van der Waals surface area contributed by atoms with E-state index >= 15 is 0 Å². The molecule has 2 aromatic heterocycles. The summed E-state index contributed by atoms with van der Waals surface area (Å²) < 4.78 is 62.4. The maximum atomic E-state index is 12.8. The summed E-state index contributed by atoms with van der Waals surface area (Å²) in [5.74, 6) is -1.28. The van der Waals surface area contributed by atoms with Crippen molar-refractivity contribution in [3.8, 4) is 0 Å². The zero-order chi connectivity index (χ0) is 52.0. The smallest absolute Gasteiger partial charge is 0.386 e. The van der Waals surface area contributed by atoms with Gasteiger partial charge >= 0.3 is 23.5 Å². The molecule has 29 heteroatoms. The first kappa shape index (κ1) is 61.8. The largest absolute Gasteiger partial charge is 0.481 e. The van der Waals surface area contributed by atoms with E-state index in [1.807, 2.05) is 0 Å². The Kier molecular flexibility index (Phi) is 27.1. The molecule has 1 saturated heterocycles. The molecule has 8 atom stereocenters. The van der Waals surface area contributed by atoms with Crippen molar-refractivity contribution in [3.63, 3.8) is 0 Å². The van der Waals surface area contributed by atoms with Crippen LogP contribution in [0.15, 0.2) is 12.7 Å². The molecule has 1 fully saturated rings. The van der Waals surface area contributed by atoms with E-state index in [2.05, 4.69) is 41.3 Å². The SMILES string of the molecule is CCCCCCCCCCCCCCCCCCC(O)C(=O)SCCNC(=O)CCNC(=O)C(O)C(C)(C)COP(=O)(O)OP(=O)(O)OCC1OC(n2cnc3c(N)ncnc32)C(O)C1OP(=O)(O)O. The van der Waals surface area contributed by atoms with Crippen LogP contribution in [-0.2, 0) is 50.7 Å². The van der Waals surface area contributed by atoms with Crippen LogP contribution in [0, 0.1) is 5.41 Å². The minimum atomic E-state index is -5.59. The van der Waals surface area contributed by atoms with Crippen molar-refractivity contribution in [1.29, 1.82) is 0 Å². The number of ether oxygens (including phenoxy) is 1.